The van der Waals surface area contributed by atoms with Crippen molar-refractivity contribution in [2.24, 2.45) is 0 Å². The number of benzene rings is 3. The Morgan fingerprint density at radius 3 is 2.27 bits per heavy atom. The van der Waals surface area contributed by atoms with Crippen LogP contribution in [0.2, 0.25) is 0 Å². The van der Waals surface area contributed by atoms with E-state index in [1.807, 2.05) is 49.4 Å². The molecular weight excluding hydrogens is 325 g/mol. The molecule has 3 rings (SSSR count). The molecule has 0 aliphatic carbocycles. The van der Waals surface area contributed by atoms with Gasteiger partial charge in [0, 0.05) is 5.56 Å². The topological polar surface area (TPSA) is 29.1 Å². The van der Waals surface area contributed by atoms with E-state index >= 15 is 0 Å². The number of hydrogen-bond acceptors (Lipinski definition) is 1. The zero-order valence-corrected chi connectivity index (χ0v) is 14.8. The van der Waals surface area contributed by atoms with Crippen LogP contribution in [0.25, 0.3) is 0 Å². The third-order valence-electron chi connectivity index (χ3n) is 4.51. The van der Waals surface area contributed by atoms with Gasteiger partial charge in [-0.05, 0) is 54.7 Å². The summed E-state index contributed by atoms with van der Waals surface area (Å²) in [6, 6.07) is 24.0. The molecule has 0 aromatic heterocycles. The van der Waals surface area contributed by atoms with E-state index in [2.05, 4.69) is 17.4 Å². The highest BCUT2D eigenvalue weighted by Gasteiger charge is 2.14. The van der Waals surface area contributed by atoms with Gasteiger partial charge in [-0.25, -0.2) is 4.39 Å². The van der Waals surface area contributed by atoms with E-state index < -0.39 is 0 Å². The maximum absolute atomic E-state index is 13.1. The first kappa shape index (κ1) is 17.9. The molecule has 26 heavy (non-hydrogen) atoms. The first-order valence-electron chi connectivity index (χ1n) is 8.81. The zero-order valence-electron chi connectivity index (χ0n) is 14.8. The third-order valence-corrected chi connectivity index (χ3v) is 4.51. The average Bonchev–Trinajstić information content (AvgIpc) is 2.68. The number of hydrogen-bond donors (Lipinski definition) is 1. The van der Waals surface area contributed by atoms with Crippen molar-refractivity contribution in [1.82, 2.24) is 5.32 Å². The van der Waals surface area contributed by atoms with Crippen LogP contribution in [0.15, 0.2) is 78.9 Å². The lowest BCUT2D eigenvalue weighted by atomic mass is 9.99. The second-order valence-corrected chi connectivity index (χ2v) is 6.39. The van der Waals surface area contributed by atoms with Crippen molar-refractivity contribution in [3.8, 4) is 0 Å². The molecule has 0 saturated carbocycles. The van der Waals surface area contributed by atoms with Gasteiger partial charge in [-0.3, -0.25) is 4.79 Å². The Bertz CT molecular complexity index is 859. The average molecular weight is 347 g/mol. The van der Waals surface area contributed by atoms with E-state index in [1.54, 1.807) is 12.1 Å². The lowest BCUT2D eigenvalue weighted by Gasteiger charge is -2.16. The van der Waals surface area contributed by atoms with E-state index in [-0.39, 0.29) is 17.8 Å². The Balaban J connectivity index is 1.70. The predicted molar refractivity (Wildman–Crippen MR) is 103 cm³/mol. The highest BCUT2D eigenvalue weighted by molar-refractivity contribution is 5.95. The van der Waals surface area contributed by atoms with E-state index in [0.717, 1.165) is 24.0 Å². The van der Waals surface area contributed by atoms with Crippen molar-refractivity contribution in [1.29, 1.82) is 0 Å². The molecule has 3 heteroatoms. The van der Waals surface area contributed by atoms with Crippen LogP contribution in [-0.2, 0) is 12.8 Å². The minimum Gasteiger partial charge on any atom is -0.346 e. The molecule has 0 aliphatic rings. The Kier molecular flexibility index (Phi) is 5.80. The minimum atomic E-state index is -0.279. The first-order valence-corrected chi connectivity index (χ1v) is 8.81. The van der Waals surface area contributed by atoms with Crippen LogP contribution in [0.5, 0.6) is 0 Å². The summed E-state index contributed by atoms with van der Waals surface area (Å²) < 4.78 is 13.1. The molecule has 0 fully saturated rings. The van der Waals surface area contributed by atoms with Gasteiger partial charge in [0.05, 0.1) is 6.04 Å². The van der Waals surface area contributed by atoms with Crippen LogP contribution < -0.4 is 5.32 Å². The van der Waals surface area contributed by atoms with Crippen LogP contribution in [0.4, 0.5) is 4.39 Å². The SMILES string of the molecule is C[C@@H](NC(=O)c1ccccc1CCc1ccccc1)c1ccc(F)cc1. The molecule has 1 N–H and O–H groups in total. The number of carbonyl (C=O) groups excluding carboxylic acids is 1. The van der Waals surface area contributed by atoms with Crippen molar-refractivity contribution in [3.05, 3.63) is 107 Å². The van der Waals surface area contributed by atoms with E-state index in [9.17, 15) is 9.18 Å². The van der Waals surface area contributed by atoms with Gasteiger partial charge in [0.15, 0.2) is 0 Å². The van der Waals surface area contributed by atoms with Gasteiger partial charge >= 0.3 is 0 Å². The van der Waals surface area contributed by atoms with Gasteiger partial charge in [-0.2, -0.15) is 0 Å². The Hall–Kier alpha value is -2.94. The Labute approximate surface area is 153 Å². The molecule has 2 nitrogen and oxygen atoms in total. The van der Waals surface area contributed by atoms with Gasteiger partial charge in [-0.15, -0.1) is 0 Å². The highest BCUT2D eigenvalue weighted by Crippen LogP contribution is 2.17. The van der Waals surface area contributed by atoms with E-state index in [4.69, 9.17) is 0 Å². The van der Waals surface area contributed by atoms with Crippen LogP contribution >= 0.6 is 0 Å². The zero-order chi connectivity index (χ0) is 18.4. The summed E-state index contributed by atoms with van der Waals surface area (Å²) >= 11 is 0. The molecule has 1 amide bonds. The fourth-order valence-corrected chi connectivity index (χ4v) is 2.99. The summed E-state index contributed by atoms with van der Waals surface area (Å²) in [5, 5.41) is 3.01. The van der Waals surface area contributed by atoms with Crippen molar-refractivity contribution in [2.75, 3.05) is 0 Å². The number of amides is 1. The summed E-state index contributed by atoms with van der Waals surface area (Å²) in [5.74, 6) is -0.385. The molecule has 0 aliphatic heterocycles. The summed E-state index contributed by atoms with van der Waals surface area (Å²) in [6.45, 7) is 1.90. The molecule has 0 spiro atoms. The summed E-state index contributed by atoms with van der Waals surface area (Å²) in [7, 11) is 0. The maximum atomic E-state index is 13.1. The smallest absolute Gasteiger partial charge is 0.252 e. The Morgan fingerprint density at radius 2 is 1.54 bits per heavy atom. The van der Waals surface area contributed by atoms with Crippen LogP contribution in [-0.4, -0.2) is 5.91 Å². The normalized spacial score (nSPS) is 11.8. The molecule has 0 bridgehead atoms. The lowest BCUT2D eigenvalue weighted by molar-refractivity contribution is 0.0939. The molecule has 0 heterocycles. The van der Waals surface area contributed by atoms with E-state index in [1.165, 1.54) is 17.7 Å². The number of rotatable bonds is 6. The minimum absolute atomic E-state index is 0.106. The van der Waals surface area contributed by atoms with Crippen LogP contribution in [0, 0.1) is 5.82 Å². The quantitative estimate of drug-likeness (QED) is 0.660. The largest absolute Gasteiger partial charge is 0.346 e. The number of halogens is 1. The molecule has 132 valence electrons. The second kappa shape index (κ2) is 8.43. The van der Waals surface area contributed by atoms with Gasteiger partial charge < -0.3 is 5.32 Å². The first-order chi connectivity index (χ1) is 12.6. The summed E-state index contributed by atoms with van der Waals surface area (Å²) in [5.41, 5.74) is 3.85. The van der Waals surface area contributed by atoms with Gasteiger partial charge in [-0.1, -0.05) is 60.7 Å². The highest BCUT2D eigenvalue weighted by atomic mass is 19.1. The van der Waals surface area contributed by atoms with Crippen molar-refractivity contribution in [2.45, 2.75) is 25.8 Å². The van der Waals surface area contributed by atoms with E-state index in [0.29, 0.717) is 5.56 Å². The molecule has 0 radical (unpaired) electrons. The molecule has 1 atom stereocenters. The third kappa shape index (κ3) is 4.57. The van der Waals surface area contributed by atoms with Crippen molar-refractivity contribution < 1.29 is 9.18 Å². The molecule has 3 aromatic carbocycles. The Morgan fingerprint density at radius 1 is 0.885 bits per heavy atom. The van der Waals surface area contributed by atoms with Crippen molar-refractivity contribution in [3.63, 3.8) is 0 Å². The fraction of sp³-hybridized carbons (Fsp3) is 0.174. The molecule has 3 aromatic rings. The number of carbonyl (C=O) groups is 1. The molecule has 0 unspecified atom stereocenters. The van der Waals surface area contributed by atoms with Crippen molar-refractivity contribution >= 4 is 5.91 Å². The lowest BCUT2D eigenvalue weighted by Crippen LogP contribution is -2.27. The summed E-state index contributed by atoms with van der Waals surface area (Å²) in [4.78, 5) is 12.7. The number of aryl methyl sites for hydroxylation is 2. The maximum Gasteiger partial charge on any atom is 0.252 e. The number of nitrogens with one attached hydrogen (secondary N) is 1. The van der Waals surface area contributed by atoms with Crippen LogP contribution in [0.1, 0.15) is 40.0 Å². The monoisotopic (exact) mass is 347 g/mol. The van der Waals surface area contributed by atoms with Gasteiger partial charge in [0.2, 0.25) is 0 Å². The van der Waals surface area contributed by atoms with Gasteiger partial charge in [0.25, 0.3) is 5.91 Å². The standard InChI is InChI=1S/C23H22FNO/c1-17(19-13-15-21(24)16-14-19)25-23(26)22-10-6-5-9-20(22)12-11-18-7-3-2-4-8-18/h2-10,13-17H,11-12H2,1H3,(H,25,26)/t17-/m1/s1. The van der Waals surface area contributed by atoms with Gasteiger partial charge in [0.1, 0.15) is 5.82 Å². The summed E-state index contributed by atoms with van der Waals surface area (Å²) in [6.07, 6.45) is 1.69. The molecule has 0 saturated heterocycles. The van der Waals surface area contributed by atoms with Crippen LogP contribution in [0.3, 0.4) is 0 Å². The second-order valence-electron chi connectivity index (χ2n) is 6.39. The predicted octanol–water partition coefficient (Wildman–Crippen LogP) is 5.10. The molecular formula is C23H22FNO. The fourth-order valence-electron chi connectivity index (χ4n) is 2.99.